The van der Waals surface area contributed by atoms with Crippen LogP contribution in [0.15, 0.2) is 0 Å². The summed E-state index contributed by atoms with van der Waals surface area (Å²) >= 11 is 0. The van der Waals surface area contributed by atoms with Crippen LogP contribution in [0.5, 0.6) is 0 Å². The van der Waals surface area contributed by atoms with Gasteiger partial charge >= 0.3 is 0 Å². The molecule has 0 aliphatic heterocycles. The predicted molar refractivity (Wildman–Crippen MR) is 27.1 cm³/mol. The largest absolute Gasteiger partial charge is 0.391 e. The quantitative estimate of drug-likeness (QED) is 0.447. The first-order valence-corrected chi connectivity index (χ1v) is 2.41. The Morgan fingerprint density at radius 1 is 1.50 bits per heavy atom. The van der Waals surface area contributed by atoms with Crippen molar-refractivity contribution in [3.8, 4) is 0 Å². The Morgan fingerprint density at radius 3 is 2.12 bits per heavy atom. The highest BCUT2D eigenvalue weighted by molar-refractivity contribution is 4.53. The summed E-state index contributed by atoms with van der Waals surface area (Å²) in [5.41, 5.74) is 1.49. The van der Waals surface area contributed by atoms with Crippen LogP contribution in [-0.4, -0.2) is 22.5 Å². The van der Waals surface area contributed by atoms with Crippen molar-refractivity contribution in [1.29, 1.82) is 0 Å². The zero-order valence-corrected chi connectivity index (χ0v) is 4.96. The maximum Gasteiger partial charge on any atom is 0.104 e. The van der Waals surface area contributed by atoms with Gasteiger partial charge in [-0.25, -0.2) is 0 Å². The number of hydrogen-bond donors (Lipinski definition) is 3. The molecule has 4 heteroatoms. The molecule has 0 aliphatic carbocycles. The van der Waals surface area contributed by atoms with E-state index in [0.717, 1.165) is 0 Å². The number of nitrogens with one attached hydrogen (secondary N) is 1. The third kappa shape index (κ3) is 2.92. The molecule has 4 nitrogen and oxygen atoms in total. The molecule has 2 atom stereocenters. The van der Waals surface area contributed by atoms with E-state index in [2.05, 4.69) is 4.84 Å². The zero-order valence-electron chi connectivity index (χ0n) is 4.96. The normalized spacial score (nSPS) is 18.0. The summed E-state index contributed by atoms with van der Waals surface area (Å²) in [6, 6.07) is 0. The fraction of sp³-hybridized carbons (Fsp3) is 1.00. The molecule has 0 heterocycles. The van der Waals surface area contributed by atoms with Gasteiger partial charge in [0.25, 0.3) is 0 Å². The molecule has 0 fully saturated rings. The second-order valence-corrected chi connectivity index (χ2v) is 1.65. The van der Waals surface area contributed by atoms with Gasteiger partial charge < -0.3 is 5.11 Å². The topological polar surface area (TPSA) is 61.7 Å². The van der Waals surface area contributed by atoms with Gasteiger partial charge in [-0.3, -0.25) is 10.0 Å². The Hall–Kier alpha value is -0.160. The van der Waals surface area contributed by atoms with E-state index in [1.165, 1.54) is 5.64 Å². The molecule has 3 N–H and O–H groups in total. The van der Waals surface area contributed by atoms with Crippen LogP contribution in [-0.2, 0) is 4.84 Å². The van der Waals surface area contributed by atoms with Gasteiger partial charge in [0.05, 0.1) is 6.10 Å². The number of aliphatic hydroxyl groups excluding tert-OH is 1. The molecule has 0 bridgehead atoms. The lowest BCUT2D eigenvalue weighted by Gasteiger charge is -2.11. The molecule has 8 heavy (non-hydrogen) atoms. The van der Waals surface area contributed by atoms with Gasteiger partial charge in [-0.2, -0.15) is 0 Å². The van der Waals surface area contributed by atoms with E-state index >= 15 is 0 Å². The van der Waals surface area contributed by atoms with E-state index < -0.39 is 6.10 Å². The molecule has 0 aromatic rings. The smallest absolute Gasteiger partial charge is 0.104 e. The average Bonchev–Trinajstić information content (AvgIpc) is 1.67. The number of hydrogen-bond acceptors (Lipinski definition) is 4. The Bertz CT molecular complexity index is 57.2. The second-order valence-electron chi connectivity index (χ2n) is 1.65. The minimum atomic E-state index is -0.574. The molecule has 0 aliphatic rings. The van der Waals surface area contributed by atoms with E-state index in [1.54, 1.807) is 13.8 Å². The summed E-state index contributed by atoms with van der Waals surface area (Å²) in [7, 11) is 0. The molecule has 50 valence electrons. The standard InChI is InChI=1S/C4H11NO3/c1-3(6)4(2)8-5-7/h3-7H,1-2H3. The highest BCUT2D eigenvalue weighted by Crippen LogP contribution is 1.92. The van der Waals surface area contributed by atoms with E-state index in [1.807, 2.05) is 0 Å². The van der Waals surface area contributed by atoms with Gasteiger partial charge in [0.2, 0.25) is 0 Å². The molecule has 0 rings (SSSR count). The summed E-state index contributed by atoms with van der Waals surface area (Å²) in [5.74, 6) is 0. The van der Waals surface area contributed by atoms with Crippen molar-refractivity contribution < 1.29 is 15.2 Å². The van der Waals surface area contributed by atoms with Crippen LogP contribution in [0.25, 0.3) is 0 Å². The molecule has 0 aromatic carbocycles. The number of aliphatic hydroxyl groups is 1. The first kappa shape index (κ1) is 7.84. The average molecular weight is 121 g/mol. The van der Waals surface area contributed by atoms with Gasteiger partial charge in [0.15, 0.2) is 0 Å². The van der Waals surface area contributed by atoms with Crippen LogP contribution in [0.2, 0.25) is 0 Å². The maximum atomic E-state index is 8.68. The van der Waals surface area contributed by atoms with Gasteiger partial charge in [-0.05, 0) is 13.8 Å². The molecule has 0 spiro atoms. The fourth-order valence-corrected chi connectivity index (χ4v) is 0.182. The van der Waals surface area contributed by atoms with E-state index in [9.17, 15) is 0 Å². The summed E-state index contributed by atoms with van der Waals surface area (Å²) in [5, 5.41) is 16.6. The van der Waals surface area contributed by atoms with Crippen molar-refractivity contribution >= 4 is 0 Å². The molecule has 0 saturated heterocycles. The minimum absolute atomic E-state index is 0.389. The highest BCUT2D eigenvalue weighted by Gasteiger charge is 2.07. The predicted octanol–water partition coefficient (Wildman–Crippen LogP) is -0.334. The zero-order chi connectivity index (χ0) is 6.57. The number of rotatable bonds is 3. The lowest BCUT2D eigenvalue weighted by Crippen LogP contribution is -2.27. The van der Waals surface area contributed by atoms with Crippen LogP contribution in [0, 0.1) is 0 Å². The molecular weight excluding hydrogens is 110 g/mol. The Labute approximate surface area is 48.0 Å². The SMILES string of the molecule is CC(O)C(C)ONO. The van der Waals surface area contributed by atoms with E-state index in [-0.39, 0.29) is 6.10 Å². The van der Waals surface area contributed by atoms with Gasteiger partial charge in [0, 0.05) is 0 Å². The third-order valence-electron chi connectivity index (χ3n) is 0.918. The summed E-state index contributed by atoms with van der Waals surface area (Å²) in [4.78, 5) is 4.36. The van der Waals surface area contributed by atoms with Gasteiger partial charge in [-0.1, -0.05) is 5.64 Å². The van der Waals surface area contributed by atoms with Crippen molar-refractivity contribution in [2.24, 2.45) is 0 Å². The van der Waals surface area contributed by atoms with Crippen molar-refractivity contribution in [2.75, 3.05) is 0 Å². The van der Waals surface area contributed by atoms with Crippen molar-refractivity contribution in [3.63, 3.8) is 0 Å². The Balaban J connectivity index is 3.17. The Kier molecular flexibility index (Phi) is 3.72. The third-order valence-corrected chi connectivity index (χ3v) is 0.918. The monoisotopic (exact) mass is 121 g/mol. The summed E-state index contributed by atoms with van der Waals surface area (Å²) < 4.78 is 0. The molecule has 0 amide bonds. The highest BCUT2D eigenvalue weighted by atomic mass is 16.8. The molecule has 0 radical (unpaired) electrons. The minimum Gasteiger partial charge on any atom is -0.391 e. The molecule has 0 saturated carbocycles. The van der Waals surface area contributed by atoms with Crippen LogP contribution in [0.4, 0.5) is 0 Å². The van der Waals surface area contributed by atoms with Crippen LogP contribution in [0.1, 0.15) is 13.8 Å². The lowest BCUT2D eigenvalue weighted by atomic mass is 10.3. The first-order chi connectivity index (χ1) is 3.68. The van der Waals surface area contributed by atoms with Crippen LogP contribution >= 0.6 is 0 Å². The molecular formula is C4H11NO3. The Morgan fingerprint density at radius 2 is 2.00 bits per heavy atom. The van der Waals surface area contributed by atoms with Gasteiger partial charge in [-0.15, -0.1) is 0 Å². The first-order valence-electron chi connectivity index (χ1n) is 2.41. The second kappa shape index (κ2) is 3.80. The van der Waals surface area contributed by atoms with Crippen LogP contribution < -0.4 is 5.64 Å². The van der Waals surface area contributed by atoms with Crippen molar-refractivity contribution in [3.05, 3.63) is 0 Å². The summed E-state index contributed by atoms with van der Waals surface area (Å²) in [6.45, 7) is 3.20. The van der Waals surface area contributed by atoms with E-state index in [4.69, 9.17) is 10.3 Å². The molecule has 2 unspecified atom stereocenters. The lowest BCUT2D eigenvalue weighted by molar-refractivity contribution is -0.180. The summed E-state index contributed by atoms with van der Waals surface area (Å²) in [6.07, 6.45) is -0.963. The van der Waals surface area contributed by atoms with Gasteiger partial charge in [0.1, 0.15) is 6.10 Å². The maximum absolute atomic E-state index is 8.68. The van der Waals surface area contributed by atoms with Crippen molar-refractivity contribution in [1.82, 2.24) is 5.64 Å². The van der Waals surface area contributed by atoms with E-state index in [0.29, 0.717) is 0 Å². The fourth-order valence-electron chi connectivity index (χ4n) is 0.182. The van der Waals surface area contributed by atoms with Crippen molar-refractivity contribution in [2.45, 2.75) is 26.1 Å². The molecule has 0 aromatic heterocycles. The van der Waals surface area contributed by atoms with Crippen LogP contribution in [0.3, 0.4) is 0 Å².